The maximum Gasteiger partial charge on any atom is 0.261 e. The summed E-state index contributed by atoms with van der Waals surface area (Å²) in [7, 11) is -3.67. The molecule has 0 radical (unpaired) electrons. The van der Waals surface area contributed by atoms with E-state index in [1.807, 2.05) is 0 Å². The molecule has 19 heavy (non-hydrogen) atoms. The van der Waals surface area contributed by atoms with E-state index in [1.165, 1.54) is 24.3 Å². The molecule has 2 rings (SSSR count). The SMILES string of the molecule is O=S(=O)(Nc1cc(Cl)ccc1Cl)c1ccc(I)cc1. The zero-order valence-corrected chi connectivity index (χ0v) is 13.9. The predicted octanol–water partition coefficient (Wildman–Crippen LogP) is 4.40. The van der Waals surface area contributed by atoms with Gasteiger partial charge in [0.2, 0.25) is 0 Å². The van der Waals surface area contributed by atoms with Crippen LogP contribution in [0.5, 0.6) is 0 Å². The highest BCUT2D eigenvalue weighted by atomic mass is 127. The molecule has 0 aliphatic carbocycles. The van der Waals surface area contributed by atoms with E-state index in [-0.39, 0.29) is 10.6 Å². The first-order valence-electron chi connectivity index (χ1n) is 5.12. The van der Waals surface area contributed by atoms with E-state index in [0.717, 1.165) is 3.57 Å². The van der Waals surface area contributed by atoms with Crippen LogP contribution in [0.25, 0.3) is 0 Å². The smallest absolute Gasteiger partial charge is 0.261 e. The first-order chi connectivity index (χ1) is 8.88. The average molecular weight is 428 g/mol. The van der Waals surface area contributed by atoms with Gasteiger partial charge >= 0.3 is 0 Å². The number of sulfonamides is 1. The van der Waals surface area contributed by atoms with Crippen molar-refractivity contribution >= 4 is 61.5 Å². The van der Waals surface area contributed by atoms with Gasteiger partial charge in [0.1, 0.15) is 0 Å². The molecule has 2 aromatic rings. The van der Waals surface area contributed by atoms with E-state index in [9.17, 15) is 8.42 Å². The summed E-state index contributed by atoms with van der Waals surface area (Å²) in [6.07, 6.45) is 0. The number of nitrogens with one attached hydrogen (secondary N) is 1. The summed E-state index contributed by atoms with van der Waals surface area (Å²) in [6.45, 7) is 0. The Morgan fingerprint density at radius 2 is 1.63 bits per heavy atom. The van der Waals surface area contributed by atoms with Crippen LogP contribution in [0.2, 0.25) is 10.0 Å². The Kier molecular flexibility index (Phi) is 4.60. The van der Waals surface area contributed by atoms with Crippen LogP contribution in [0, 0.1) is 3.57 Å². The topological polar surface area (TPSA) is 46.2 Å². The molecule has 2 aromatic carbocycles. The Morgan fingerprint density at radius 1 is 1.00 bits per heavy atom. The predicted molar refractivity (Wildman–Crippen MR) is 86.4 cm³/mol. The van der Waals surface area contributed by atoms with E-state index in [0.29, 0.717) is 10.0 Å². The van der Waals surface area contributed by atoms with Crippen molar-refractivity contribution in [2.24, 2.45) is 0 Å². The van der Waals surface area contributed by atoms with Gasteiger partial charge in [-0.25, -0.2) is 8.42 Å². The Morgan fingerprint density at radius 3 is 2.26 bits per heavy atom. The lowest BCUT2D eigenvalue weighted by molar-refractivity contribution is 0.601. The molecule has 0 fully saturated rings. The fourth-order valence-electron chi connectivity index (χ4n) is 1.39. The average Bonchev–Trinajstić information content (AvgIpc) is 2.34. The molecular weight excluding hydrogens is 420 g/mol. The Labute approximate surface area is 135 Å². The highest BCUT2D eigenvalue weighted by Gasteiger charge is 2.15. The third-order valence-electron chi connectivity index (χ3n) is 2.30. The summed E-state index contributed by atoms with van der Waals surface area (Å²) < 4.78 is 27.7. The normalized spacial score (nSPS) is 11.3. The van der Waals surface area contributed by atoms with Crippen molar-refractivity contribution in [1.29, 1.82) is 0 Å². The summed E-state index contributed by atoms with van der Waals surface area (Å²) in [4.78, 5) is 0.170. The molecule has 7 heteroatoms. The second-order valence-corrected chi connectivity index (χ2v) is 7.46. The van der Waals surface area contributed by atoms with Crippen molar-refractivity contribution in [1.82, 2.24) is 0 Å². The van der Waals surface area contributed by atoms with Gasteiger partial charge in [0.25, 0.3) is 10.0 Å². The molecule has 100 valence electrons. The highest BCUT2D eigenvalue weighted by Crippen LogP contribution is 2.27. The summed E-state index contributed by atoms with van der Waals surface area (Å²) in [5.41, 5.74) is 0.257. The molecule has 3 nitrogen and oxygen atoms in total. The summed E-state index contributed by atoms with van der Waals surface area (Å²) in [5.74, 6) is 0. The standard InChI is InChI=1S/C12H8Cl2INO2S/c13-8-1-6-11(14)12(7-8)16-19(17,18)10-4-2-9(15)3-5-10/h1-7,16H. The molecule has 0 amide bonds. The van der Waals surface area contributed by atoms with Crippen molar-refractivity contribution in [2.45, 2.75) is 4.90 Å². The largest absolute Gasteiger partial charge is 0.278 e. The molecule has 0 spiro atoms. The molecule has 0 heterocycles. The van der Waals surface area contributed by atoms with Crippen molar-refractivity contribution in [3.05, 3.63) is 56.1 Å². The summed E-state index contributed by atoms with van der Waals surface area (Å²) >= 11 is 13.9. The Balaban J connectivity index is 2.36. The second kappa shape index (κ2) is 5.87. The number of hydrogen-bond donors (Lipinski definition) is 1. The first-order valence-corrected chi connectivity index (χ1v) is 8.44. The van der Waals surface area contributed by atoms with Crippen molar-refractivity contribution in [3.8, 4) is 0 Å². The molecule has 0 bridgehead atoms. The number of hydrogen-bond acceptors (Lipinski definition) is 2. The van der Waals surface area contributed by atoms with Gasteiger partial charge in [-0.3, -0.25) is 4.72 Å². The summed E-state index contributed by atoms with van der Waals surface area (Å²) in [6, 6.07) is 11.1. The van der Waals surface area contributed by atoms with Crippen molar-refractivity contribution in [2.75, 3.05) is 4.72 Å². The van der Waals surface area contributed by atoms with Gasteiger partial charge in [0.05, 0.1) is 15.6 Å². The van der Waals surface area contributed by atoms with Gasteiger partial charge in [0.15, 0.2) is 0 Å². The third kappa shape index (κ3) is 3.75. The molecule has 0 atom stereocenters. The quantitative estimate of drug-likeness (QED) is 0.738. The first kappa shape index (κ1) is 14.9. The number of anilines is 1. The summed E-state index contributed by atoms with van der Waals surface area (Å²) in [5, 5.41) is 0.697. The Hall–Kier alpha value is -0.500. The van der Waals surface area contributed by atoms with Crippen LogP contribution in [0.1, 0.15) is 0 Å². The van der Waals surface area contributed by atoms with E-state index in [2.05, 4.69) is 27.3 Å². The minimum absolute atomic E-state index is 0.170. The van der Waals surface area contributed by atoms with Crippen LogP contribution >= 0.6 is 45.8 Å². The highest BCUT2D eigenvalue weighted by molar-refractivity contribution is 14.1. The zero-order valence-electron chi connectivity index (χ0n) is 9.40. The maximum atomic E-state index is 12.2. The monoisotopic (exact) mass is 427 g/mol. The van der Waals surface area contributed by atoms with E-state index in [4.69, 9.17) is 23.2 Å². The molecule has 0 saturated heterocycles. The van der Waals surface area contributed by atoms with E-state index < -0.39 is 10.0 Å². The molecule has 0 aliphatic rings. The molecule has 0 aromatic heterocycles. The molecular formula is C12H8Cl2INO2S. The van der Waals surface area contributed by atoms with Crippen molar-refractivity contribution in [3.63, 3.8) is 0 Å². The lowest BCUT2D eigenvalue weighted by Gasteiger charge is -2.10. The van der Waals surface area contributed by atoms with Gasteiger partial charge in [-0.2, -0.15) is 0 Å². The molecule has 1 N–H and O–H groups in total. The second-order valence-electron chi connectivity index (χ2n) is 3.68. The van der Waals surface area contributed by atoms with Crippen LogP contribution in [0.15, 0.2) is 47.4 Å². The maximum absolute atomic E-state index is 12.2. The van der Waals surface area contributed by atoms with Crippen LogP contribution in [0.3, 0.4) is 0 Å². The van der Waals surface area contributed by atoms with Crippen molar-refractivity contribution < 1.29 is 8.42 Å². The lowest BCUT2D eigenvalue weighted by Crippen LogP contribution is -2.13. The minimum atomic E-state index is -3.67. The van der Waals surface area contributed by atoms with Gasteiger partial charge in [-0.15, -0.1) is 0 Å². The van der Waals surface area contributed by atoms with Gasteiger partial charge < -0.3 is 0 Å². The number of rotatable bonds is 3. The van der Waals surface area contributed by atoms with Gasteiger partial charge in [-0.05, 0) is 65.1 Å². The van der Waals surface area contributed by atoms with Crippen LogP contribution in [0.4, 0.5) is 5.69 Å². The zero-order chi connectivity index (χ0) is 14.0. The molecule has 0 aliphatic heterocycles. The minimum Gasteiger partial charge on any atom is -0.278 e. The fraction of sp³-hybridized carbons (Fsp3) is 0. The molecule has 0 saturated carbocycles. The van der Waals surface area contributed by atoms with E-state index in [1.54, 1.807) is 18.2 Å². The van der Waals surface area contributed by atoms with Crippen LogP contribution in [-0.4, -0.2) is 8.42 Å². The number of halogens is 3. The Bertz CT molecular complexity index is 702. The van der Waals surface area contributed by atoms with Crippen LogP contribution in [-0.2, 0) is 10.0 Å². The molecule has 0 unspecified atom stereocenters. The lowest BCUT2D eigenvalue weighted by atomic mass is 10.3. The third-order valence-corrected chi connectivity index (χ3v) is 4.96. The van der Waals surface area contributed by atoms with Gasteiger partial charge in [-0.1, -0.05) is 23.2 Å². The van der Waals surface area contributed by atoms with E-state index >= 15 is 0 Å². The fourth-order valence-corrected chi connectivity index (χ4v) is 3.22. The van der Waals surface area contributed by atoms with Gasteiger partial charge in [0, 0.05) is 8.59 Å². The number of benzene rings is 2. The van der Waals surface area contributed by atoms with Crippen LogP contribution < -0.4 is 4.72 Å².